The summed E-state index contributed by atoms with van der Waals surface area (Å²) in [5, 5.41) is 3.01. The molecule has 0 aliphatic rings. The van der Waals surface area contributed by atoms with Crippen molar-refractivity contribution in [3.63, 3.8) is 0 Å². The summed E-state index contributed by atoms with van der Waals surface area (Å²) in [4.78, 5) is 10.5. The first kappa shape index (κ1) is 12.1. The average molecular weight is 226 g/mol. The van der Waals surface area contributed by atoms with Crippen LogP contribution in [0.25, 0.3) is 0 Å². The highest BCUT2D eigenvalue weighted by atomic mass is 32.2. The van der Waals surface area contributed by atoms with Crippen LogP contribution in [0.2, 0.25) is 0 Å². The van der Waals surface area contributed by atoms with Crippen LogP contribution < -0.4 is 10.2 Å². The van der Waals surface area contributed by atoms with E-state index in [0.29, 0.717) is 6.04 Å². The van der Waals surface area contributed by atoms with E-state index in [2.05, 4.69) is 40.4 Å². The van der Waals surface area contributed by atoms with Crippen molar-refractivity contribution in [1.82, 2.24) is 9.97 Å². The van der Waals surface area contributed by atoms with Crippen molar-refractivity contribution in [2.45, 2.75) is 13.0 Å². The van der Waals surface area contributed by atoms with Gasteiger partial charge in [-0.1, -0.05) is 0 Å². The summed E-state index contributed by atoms with van der Waals surface area (Å²) < 4.78 is 0. The van der Waals surface area contributed by atoms with Gasteiger partial charge in [-0.05, 0) is 13.2 Å². The molecule has 0 radical (unpaired) electrons. The van der Waals surface area contributed by atoms with E-state index in [1.807, 2.05) is 24.9 Å². The van der Waals surface area contributed by atoms with E-state index in [-0.39, 0.29) is 0 Å². The zero-order valence-corrected chi connectivity index (χ0v) is 10.5. The number of thioether (sulfide) groups is 1. The smallest absolute Gasteiger partial charge is 0.134 e. The molecule has 1 atom stereocenters. The molecule has 1 rings (SSSR count). The number of nitrogens with one attached hydrogen (secondary N) is 1. The van der Waals surface area contributed by atoms with Crippen LogP contribution in [0, 0.1) is 0 Å². The summed E-state index contributed by atoms with van der Waals surface area (Å²) in [6.45, 7) is 2.19. The lowest BCUT2D eigenvalue weighted by Crippen LogP contribution is -2.31. The number of hydrogen-bond acceptors (Lipinski definition) is 5. The van der Waals surface area contributed by atoms with Gasteiger partial charge in [0.1, 0.15) is 18.0 Å². The third-order valence-electron chi connectivity index (χ3n) is 2.34. The fraction of sp³-hybridized carbons (Fsp3) is 0.600. The maximum atomic E-state index is 4.26. The van der Waals surface area contributed by atoms with Gasteiger partial charge in [0.2, 0.25) is 0 Å². The number of nitrogens with zero attached hydrogens (tertiary/aromatic N) is 3. The van der Waals surface area contributed by atoms with E-state index in [1.54, 1.807) is 6.33 Å². The van der Waals surface area contributed by atoms with E-state index < -0.39 is 0 Å². The van der Waals surface area contributed by atoms with Crippen molar-refractivity contribution in [3.8, 4) is 0 Å². The van der Waals surface area contributed by atoms with Crippen molar-refractivity contribution >= 4 is 23.4 Å². The molecule has 0 aliphatic carbocycles. The van der Waals surface area contributed by atoms with Crippen LogP contribution in [0.4, 0.5) is 11.6 Å². The molecule has 1 unspecified atom stereocenters. The Morgan fingerprint density at radius 3 is 2.87 bits per heavy atom. The molecule has 0 saturated carbocycles. The van der Waals surface area contributed by atoms with Crippen molar-refractivity contribution in [2.75, 3.05) is 36.3 Å². The predicted molar refractivity (Wildman–Crippen MR) is 67.8 cm³/mol. The average Bonchev–Trinajstić information content (AvgIpc) is 2.28. The minimum atomic E-state index is 0.472. The number of hydrogen-bond donors (Lipinski definition) is 1. The largest absolute Gasteiger partial charge is 0.373 e. The zero-order valence-electron chi connectivity index (χ0n) is 9.69. The van der Waals surface area contributed by atoms with Crippen LogP contribution in [0.5, 0.6) is 0 Å². The molecule has 5 heteroatoms. The molecule has 0 spiro atoms. The van der Waals surface area contributed by atoms with Crippen LogP contribution in [-0.2, 0) is 0 Å². The van der Waals surface area contributed by atoms with E-state index in [9.17, 15) is 0 Å². The molecular weight excluding hydrogens is 208 g/mol. The highest BCUT2D eigenvalue weighted by molar-refractivity contribution is 7.98. The van der Waals surface area contributed by atoms with Gasteiger partial charge in [0.25, 0.3) is 0 Å². The Morgan fingerprint density at radius 1 is 1.53 bits per heavy atom. The summed E-state index contributed by atoms with van der Waals surface area (Å²) in [7, 11) is 3.92. The molecule has 1 aromatic rings. The lowest BCUT2D eigenvalue weighted by molar-refractivity contribution is 0.752. The molecular formula is C10H18N4S. The van der Waals surface area contributed by atoms with Crippen LogP contribution in [0.15, 0.2) is 12.4 Å². The molecule has 1 heterocycles. The molecule has 1 N–H and O–H groups in total. The third-order valence-corrected chi connectivity index (χ3v) is 3.15. The molecule has 1 aromatic heterocycles. The summed E-state index contributed by atoms with van der Waals surface area (Å²) >= 11 is 1.84. The monoisotopic (exact) mass is 226 g/mol. The Hall–Kier alpha value is -0.970. The molecule has 0 bridgehead atoms. The van der Waals surface area contributed by atoms with Crippen LogP contribution >= 0.6 is 11.8 Å². The Labute approximate surface area is 95.5 Å². The Kier molecular flexibility index (Phi) is 4.68. The minimum Gasteiger partial charge on any atom is -0.373 e. The SMILES string of the molecule is CNc1cc(N(C)C(C)CSC)ncn1. The van der Waals surface area contributed by atoms with Crippen LogP contribution in [0.1, 0.15) is 6.92 Å². The standard InChI is InChI=1S/C10H18N4S/c1-8(6-15-4)14(3)10-5-9(11-2)12-7-13-10/h5,7-8H,6H2,1-4H3,(H,11,12,13). The number of anilines is 2. The summed E-state index contributed by atoms with van der Waals surface area (Å²) in [5.41, 5.74) is 0. The van der Waals surface area contributed by atoms with Gasteiger partial charge in [-0.25, -0.2) is 9.97 Å². The van der Waals surface area contributed by atoms with E-state index in [4.69, 9.17) is 0 Å². The van der Waals surface area contributed by atoms with Gasteiger partial charge in [0.15, 0.2) is 0 Å². The minimum absolute atomic E-state index is 0.472. The van der Waals surface area contributed by atoms with Gasteiger partial charge in [0.05, 0.1) is 0 Å². The Morgan fingerprint density at radius 2 is 2.27 bits per heavy atom. The first-order valence-electron chi connectivity index (χ1n) is 4.90. The highest BCUT2D eigenvalue weighted by Crippen LogP contribution is 2.15. The second-order valence-electron chi connectivity index (χ2n) is 3.43. The van der Waals surface area contributed by atoms with Gasteiger partial charge in [-0.3, -0.25) is 0 Å². The molecule has 15 heavy (non-hydrogen) atoms. The van der Waals surface area contributed by atoms with Crippen LogP contribution in [-0.4, -0.2) is 42.1 Å². The molecule has 0 amide bonds. The summed E-state index contributed by atoms with van der Waals surface area (Å²) in [5.74, 6) is 2.90. The fourth-order valence-electron chi connectivity index (χ4n) is 1.26. The highest BCUT2D eigenvalue weighted by Gasteiger charge is 2.10. The van der Waals surface area contributed by atoms with Crippen molar-refractivity contribution < 1.29 is 0 Å². The van der Waals surface area contributed by atoms with E-state index in [0.717, 1.165) is 17.4 Å². The lowest BCUT2D eigenvalue weighted by atomic mass is 10.3. The van der Waals surface area contributed by atoms with Gasteiger partial charge in [-0.15, -0.1) is 0 Å². The normalized spacial score (nSPS) is 12.3. The first-order valence-corrected chi connectivity index (χ1v) is 6.30. The van der Waals surface area contributed by atoms with Gasteiger partial charge >= 0.3 is 0 Å². The maximum Gasteiger partial charge on any atom is 0.134 e. The van der Waals surface area contributed by atoms with Crippen molar-refractivity contribution in [1.29, 1.82) is 0 Å². The van der Waals surface area contributed by atoms with Gasteiger partial charge in [-0.2, -0.15) is 11.8 Å². The molecule has 0 saturated heterocycles. The van der Waals surface area contributed by atoms with Gasteiger partial charge in [0, 0.05) is 32.0 Å². The Balaban J connectivity index is 2.76. The third kappa shape index (κ3) is 3.27. The van der Waals surface area contributed by atoms with Crippen LogP contribution in [0.3, 0.4) is 0 Å². The summed E-state index contributed by atoms with van der Waals surface area (Å²) in [6, 6.07) is 2.43. The summed E-state index contributed by atoms with van der Waals surface area (Å²) in [6.07, 6.45) is 3.70. The molecule has 0 fully saturated rings. The quantitative estimate of drug-likeness (QED) is 0.827. The first-order chi connectivity index (χ1) is 7.19. The topological polar surface area (TPSA) is 41.0 Å². The molecule has 0 aromatic carbocycles. The molecule has 0 aliphatic heterocycles. The number of rotatable bonds is 5. The zero-order chi connectivity index (χ0) is 11.3. The lowest BCUT2D eigenvalue weighted by Gasteiger charge is -2.25. The second kappa shape index (κ2) is 5.80. The maximum absolute atomic E-state index is 4.26. The van der Waals surface area contributed by atoms with Crippen molar-refractivity contribution in [2.24, 2.45) is 0 Å². The van der Waals surface area contributed by atoms with E-state index in [1.165, 1.54) is 0 Å². The number of aromatic nitrogens is 2. The van der Waals surface area contributed by atoms with E-state index >= 15 is 0 Å². The predicted octanol–water partition coefficient (Wildman–Crippen LogP) is 1.71. The second-order valence-corrected chi connectivity index (χ2v) is 4.34. The molecule has 4 nitrogen and oxygen atoms in total. The van der Waals surface area contributed by atoms with Gasteiger partial charge < -0.3 is 10.2 Å². The Bertz CT molecular complexity index is 305. The molecule has 84 valence electrons. The fourth-order valence-corrected chi connectivity index (χ4v) is 1.96. The van der Waals surface area contributed by atoms with Crippen molar-refractivity contribution in [3.05, 3.63) is 12.4 Å².